The number of carbonyl (C=O) groups is 2. The lowest BCUT2D eigenvalue weighted by Crippen LogP contribution is -2.14. The second kappa shape index (κ2) is 4.37. The Morgan fingerprint density at radius 2 is 2.12 bits per heavy atom. The number of carboxylic acid groups (broad SMARTS) is 1. The molecule has 17 heavy (non-hydrogen) atoms. The Kier molecular flexibility index (Phi) is 3.07. The molecular formula is C12H12ClNO3. The van der Waals surface area contributed by atoms with Gasteiger partial charge in [-0.1, -0.05) is 18.5 Å². The number of aromatic carboxylic acids is 1. The Hall–Kier alpha value is -1.55. The summed E-state index contributed by atoms with van der Waals surface area (Å²) in [5.41, 5.74) is 0.563. The van der Waals surface area contributed by atoms with Gasteiger partial charge in [0.1, 0.15) is 0 Å². The number of carboxylic acids is 1. The van der Waals surface area contributed by atoms with Crippen LogP contribution in [0.1, 0.15) is 23.7 Å². The van der Waals surface area contributed by atoms with E-state index in [1.807, 2.05) is 6.92 Å². The standard InChI is InChI=1S/C12H12ClNO3/c1-6-4-8(6)11(15)14-10-3-2-7(12(16)17)5-9(10)13/h2-3,5-6,8H,4H2,1H3,(H,14,15)(H,16,17). The molecule has 0 bridgehead atoms. The Morgan fingerprint density at radius 3 is 2.59 bits per heavy atom. The van der Waals surface area contributed by atoms with Crippen LogP contribution < -0.4 is 5.32 Å². The van der Waals surface area contributed by atoms with Gasteiger partial charge >= 0.3 is 5.97 Å². The van der Waals surface area contributed by atoms with Crippen LogP contribution in [0, 0.1) is 11.8 Å². The molecule has 1 fully saturated rings. The van der Waals surface area contributed by atoms with Gasteiger partial charge in [-0.25, -0.2) is 4.79 Å². The fraction of sp³-hybridized carbons (Fsp3) is 0.333. The molecule has 0 aliphatic heterocycles. The number of hydrogen-bond acceptors (Lipinski definition) is 2. The molecule has 0 radical (unpaired) electrons. The lowest BCUT2D eigenvalue weighted by molar-refractivity contribution is -0.117. The highest BCUT2D eigenvalue weighted by molar-refractivity contribution is 6.34. The van der Waals surface area contributed by atoms with Gasteiger partial charge in [0, 0.05) is 5.92 Å². The van der Waals surface area contributed by atoms with Gasteiger partial charge in [-0.2, -0.15) is 0 Å². The van der Waals surface area contributed by atoms with Gasteiger partial charge in [-0.15, -0.1) is 0 Å². The van der Waals surface area contributed by atoms with Crippen LogP contribution in [0.5, 0.6) is 0 Å². The molecule has 1 aromatic rings. The number of nitrogens with one attached hydrogen (secondary N) is 1. The summed E-state index contributed by atoms with van der Waals surface area (Å²) in [7, 11) is 0. The number of rotatable bonds is 3. The predicted molar refractivity (Wildman–Crippen MR) is 64.3 cm³/mol. The molecule has 0 spiro atoms. The molecule has 2 atom stereocenters. The zero-order chi connectivity index (χ0) is 12.6. The molecule has 1 aromatic carbocycles. The van der Waals surface area contributed by atoms with Gasteiger partial charge in [0.05, 0.1) is 16.3 Å². The minimum Gasteiger partial charge on any atom is -0.478 e. The van der Waals surface area contributed by atoms with Crippen molar-refractivity contribution in [3.63, 3.8) is 0 Å². The van der Waals surface area contributed by atoms with Crippen LogP contribution >= 0.6 is 11.6 Å². The van der Waals surface area contributed by atoms with Crippen LogP contribution in [0.3, 0.4) is 0 Å². The van der Waals surface area contributed by atoms with Gasteiger partial charge < -0.3 is 10.4 Å². The van der Waals surface area contributed by atoms with Crippen molar-refractivity contribution in [2.45, 2.75) is 13.3 Å². The predicted octanol–water partition coefficient (Wildman–Crippen LogP) is 2.63. The molecule has 1 aliphatic carbocycles. The quantitative estimate of drug-likeness (QED) is 0.870. The van der Waals surface area contributed by atoms with E-state index in [0.717, 1.165) is 6.42 Å². The van der Waals surface area contributed by atoms with Gasteiger partial charge in [-0.3, -0.25) is 4.79 Å². The highest BCUT2D eigenvalue weighted by atomic mass is 35.5. The second-order valence-electron chi connectivity index (χ2n) is 4.31. The van der Waals surface area contributed by atoms with Gasteiger partial charge in [0.25, 0.3) is 0 Å². The van der Waals surface area contributed by atoms with E-state index < -0.39 is 5.97 Å². The van der Waals surface area contributed by atoms with E-state index in [2.05, 4.69) is 5.32 Å². The van der Waals surface area contributed by atoms with E-state index in [4.69, 9.17) is 16.7 Å². The molecular weight excluding hydrogens is 242 g/mol. The number of carbonyl (C=O) groups excluding carboxylic acids is 1. The van der Waals surface area contributed by atoms with Crippen molar-refractivity contribution in [3.8, 4) is 0 Å². The Bertz CT molecular complexity index is 487. The minimum absolute atomic E-state index is 0.0533. The second-order valence-corrected chi connectivity index (χ2v) is 4.72. The fourth-order valence-corrected chi connectivity index (χ4v) is 1.89. The van der Waals surface area contributed by atoms with Crippen LogP contribution in [0.2, 0.25) is 5.02 Å². The first-order valence-corrected chi connectivity index (χ1v) is 5.70. The number of halogens is 1. The van der Waals surface area contributed by atoms with Gasteiger partial charge in [0.15, 0.2) is 0 Å². The molecule has 2 rings (SSSR count). The van der Waals surface area contributed by atoms with Crippen molar-refractivity contribution in [1.29, 1.82) is 0 Å². The summed E-state index contributed by atoms with van der Waals surface area (Å²) in [6.45, 7) is 2.01. The van der Waals surface area contributed by atoms with E-state index in [-0.39, 0.29) is 22.4 Å². The van der Waals surface area contributed by atoms with Crippen molar-refractivity contribution < 1.29 is 14.7 Å². The third-order valence-electron chi connectivity index (χ3n) is 2.92. The van der Waals surface area contributed by atoms with Crippen LogP contribution in [-0.2, 0) is 4.79 Å². The minimum atomic E-state index is -1.04. The van der Waals surface area contributed by atoms with Gasteiger partial charge in [-0.05, 0) is 30.5 Å². The Labute approximate surface area is 104 Å². The molecule has 1 saturated carbocycles. The summed E-state index contributed by atoms with van der Waals surface area (Å²) >= 11 is 5.90. The summed E-state index contributed by atoms with van der Waals surface area (Å²) in [4.78, 5) is 22.4. The third kappa shape index (κ3) is 2.58. The molecule has 4 nitrogen and oxygen atoms in total. The Balaban J connectivity index is 2.11. The zero-order valence-corrected chi connectivity index (χ0v) is 9.99. The average Bonchev–Trinajstić information content (AvgIpc) is 2.98. The lowest BCUT2D eigenvalue weighted by Gasteiger charge is -2.07. The summed E-state index contributed by atoms with van der Waals surface area (Å²) in [5, 5.41) is 11.7. The molecule has 1 amide bonds. The highest BCUT2D eigenvalue weighted by Crippen LogP contribution is 2.39. The first-order valence-electron chi connectivity index (χ1n) is 5.32. The number of amides is 1. The van der Waals surface area contributed by atoms with Crippen molar-refractivity contribution in [2.24, 2.45) is 11.8 Å². The first-order chi connectivity index (χ1) is 7.99. The summed E-state index contributed by atoms with van der Waals surface area (Å²) in [5.74, 6) is -0.611. The van der Waals surface area contributed by atoms with Gasteiger partial charge in [0.2, 0.25) is 5.91 Å². The average molecular weight is 254 g/mol. The normalized spacial score (nSPS) is 22.0. The maximum atomic E-state index is 11.7. The van der Waals surface area contributed by atoms with Crippen LogP contribution in [0.15, 0.2) is 18.2 Å². The summed E-state index contributed by atoms with van der Waals surface area (Å²) in [6.07, 6.45) is 0.899. The van der Waals surface area contributed by atoms with Crippen LogP contribution in [-0.4, -0.2) is 17.0 Å². The van der Waals surface area contributed by atoms with Crippen LogP contribution in [0.4, 0.5) is 5.69 Å². The monoisotopic (exact) mass is 253 g/mol. The third-order valence-corrected chi connectivity index (χ3v) is 3.23. The maximum Gasteiger partial charge on any atom is 0.335 e. The smallest absolute Gasteiger partial charge is 0.335 e. The van der Waals surface area contributed by atoms with E-state index in [1.54, 1.807) is 0 Å². The Morgan fingerprint density at radius 1 is 1.47 bits per heavy atom. The van der Waals surface area contributed by atoms with E-state index in [1.165, 1.54) is 18.2 Å². The van der Waals surface area contributed by atoms with E-state index in [0.29, 0.717) is 11.6 Å². The highest BCUT2D eigenvalue weighted by Gasteiger charge is 2.39. The molecule has 1 aliphatic rings. The fourth-order valence-electron chi connectivity index (χ4n) is 1.66. The van der Waals surface area contributed by atoms with E-state index >= 15 is 0 Å². The first kappa shape index (κ1) is 11.9. The number of benzene rings is 1. The number of anilines is 1. The van der Waals surface area contributed by atoms with Crippen molar-refractivity contribution in [3.05, 3.63) is 28.8 Å². The molecule has 2 N–H and O–H groups in total. The largest absolute Gasteiger partial charge is 0.478 e. The van der Waals surface area contributed by atoms with Crippen molar-refractivity contribution in [2.75, 3.05) is 5.32 Å². The molecule has 90 valence electrons. The topological polar surface area (TPSA) is 66.4 Å². The van der Waals surface area contributed by atoms with Crippen molar-refractivity contribution in [1.82, 2.24) is 0 Å². The SMILES string of the molecule is CC1CC1C(=O)Nc1ccc(C(=O)O)cc1Cl. The lowest BCUT2D eigenvalue weighted by atomic mass is 10.2. The van der Waals surface area contributed by atoms with Crippen LogP contribution in [0.25, 0.3) is 0 Å². The molecule has 0 saturated heterocycles. The molecule has 5 heteroatoms. The van der Waals surface area contributed by atoms with E-state index in [9.17, 15) is 9.59 Å². The summed E-state index contributed by atoms with van der Waals surface area (Å²) < 4.78 is 0. The maximum absolute atomic E-state index is 11.7. The molecule has 2 unspecified atom stereocenters. The zero-order valence-electron chi connectivity index (χ0n) is 9.24. The molecule has 0 heterocycles. The molecule has 0 aromatic heterocycles. The van der Waals surface area contributed by atoms with Crippen molar-refractivity contribution >= 4 is 29.2 Å². The summed E-state index contributed by atoms with van der Waals surface area (Å²) in [6, 6.07) is 4.26. The number of hydrogen-bond donors (Lipinski definition) is 2.